The second-order valence-corrected chi connectivity index (χ2v) is 3.90. The lowest BCUT2D eigenvalue weighted by molar-refractivity contribution is 0.169. The number of nitrogens with two attached hydrogens (primary N) is 1. The molecule has 13 heavy (non-hydrogen) atoms. The minimum Gasteiger partial charge on any atom is -0.388 e. The molecule has 2 nitrogen and oxygen atoms in total. The molecule has 0 aromatic heterocycles. The van der Waals surface area contributed by atoms with E-state index in [-0.39, 0.29) is 0 Å². The quantitative estimate of drug-likeness (QED) is 0.855. The van der Waals surface area contributed by atoms with Gasteiger partial charge < -0.3 is 10.8 Å². The van der Waals surface area contributed by atoms with E-state index < -0.39 is 6.10 Å². The van der Waals surface area contributed by atoms with E-state index in [2.05, 4.69) is 15.9 Å². The van der Waals surface area contributed by atoms with Crippen LogP contribution in [0.25, 0.3) is 0 Å². The zero-order chi connectivity index (χ0) is 9.84. The first-order chi connectivity index (χ1) is 6.16. The van der Waals surface area contributed by atoms with Crippen molar-refractivity contribution < 1.29 is 5.11 Å². The fourth-order valence-electron chi connectivity index (χ4n) is 1.30. The molecule has 0 aliphatic carbocycles. The second-order valence-electron chi connectivity index (χ2n) is 3.05. The van der Waals surface area contributed by atoms with Crippen LogP contribution in [0.2, 0.25) is 0 Å². The molecule has 1 atom stereocenters. The summed E-state index contributed by atoms with van der Waals surface area (Å²) in [7, 11) is 0. The highest BCUT2D eigenvalue weighted by Gasteiger charge is 2.10. The Labute approximate surface area is 86.9 Å². The lowest BCUT2D eigenvalue weighted by atomic mass is 10.0. The Morgan fingerprint density at radius 1 is 1.54 bits per heavy atom. The number of hydrogen-bond acceptors (Lipinski definition) is 2. The van der Waals surface area contributed by atoms with Crippen LogP contribution in [0.15, 0.2) is 22.7 Å². The van der Waals surface area contributed by atoms with Gasteiger partial charge in [0.1, 0.15) is 0 Å². The van der Waals surface area contributed by atoms with Crippen molar-refractivity contribution in [3.8, 4) is 0 Å². The first-order valence-corrected chi connectivity index (χ1v) is 5.09. The summed E-state index contributed by atoms with van der Waals surface area (Å²) < 4.78 is 1.03. The van der Waals surface area contributed by atoms with Crippen molar-refractivity contribution in [2.24, 2.45) is 5.73 Å². The third-order valence-corrected chi connectivity index (χ3v) is 2.97. The summed E-state index contributed by atoms with van der Waals surface area (Å²) in [4.78, 5) is 0. The van der Waals surface area contributed by atoms with Crippen molar-refractivity contribution in [2.45, 2.75) is 19.4 Å². The highest BCUT2D eigenvalue weighted by Crippen LogP contribution is 2.25. The van der Waals surface area contributed by atoms with Gasteiger partial charge in [0.2, 0.25) is 0 Å². The molecule has 3 N–H and O–H groups in total. The predicted molar refractivity (Wildman–Crippen MR) is 57.5 cm³/mol. The maximum absolute atomic E-state index is 9.72. The van der Waals surface area contributed by atoms with E-state index in [0.717, 1.165) is 15.6 Å². The maximum Gasteiger partial charge on any atom is 0.0805 e. The first-order valence-electron chi connectivity index (χ1n) is 4.30. The molecular formula is C10H14BrNO. The summed E-state index contributed by atoms with van der Waals surface area (Å²) in [6.45, 7) is 2.49. The van der Waals surface area contributed by atoms with Crippen LogP contribution in [0, 0.1) is 6.92 Å². The molecule has 1 aromatic carbocycles. The van der Waals surface area contributed by atoms with Crippen molar-refractivity contribution in [3.05, 3.63) is 33.8 Å². The highest BCUT2D eigenvalue weighted by molar-refractivity contribution is 9.10. The molecule has 72 valence electrons. The molecule has 0 saturated carbocycles. The molecule has 0 bridgehead atoms. The van der Waals surface area contributed by atoms with Crippen LogP contribution in [0.5, 0.6) is 0 Å². The van der Waals surface area contributed by atoms with Gasteiger partial charge in [-0.25, -0.2) is 0 Å². The van der Waals surface area contributed by atoms with Gasteiger partial charge in [0.25, 0.3) is 0 Å². The van der Waals surface area contributed by atoms with Crippen LogP contribution in [-0.4, -0.2) is 11.7 Å². The largest absolute Gasteiger partial charge is 0.388 e. The Balaban J connectivity index is 2.93. The molecule has 0 saturated heterocycles. The molecule has 1 unspecified atom stereocenters. The standard InChI is InChI=1S/C10H14BrNO/c1-7-8(10(13)5-6-12)3-2-4-9(7)11/h2-4,10,13H,5-6,12H2,1H3. The van der Waals surface area contributed by atoms with Crippen LogP contribution >= 0.6 is 15.9 Å². The maximum atomic E-state index is 9.72. The van der Waals surface area contributed by atoms with Gasteiger partial charge in [-0.1, -0.05) is 28.1 Å². The normalized spacial score (nSPS) is 12.9. The van der Waals surface area contributed by atoms with Gasteiger partial charge in [0, 0.05) is 4.47 Å². The third kappa shape index (κ3) is 2.53. The Morgan fingerprint density at radius 2 is 2.23 bits per heavy atom. The summed E-state index contributed by atoms with van der Waals surface area (Å²) in [5.41, 5.74) is 7.43. The zero-order valence-corrected chi connectivity index (χ0v) is 9.21. The molecular weight excluding hydrogens is 230 g/mol. The topological polar surface area (TPSA) is 46.2 Å². The van der Waals surface area contributed by atoms with E-state index in [4.69, 9.17) is 5.73 Å². The summed E-state index contributed by atoms with van der Waals surface area (Å²) in [5, 5.41) is 9.72. The van der Waals surface area contributed by atoms with Crippen LogP contribution in [0.4, 0.5) is 0 Å². The van der Waals surface area contributed by atoms with Gasteiger partial charge in [0.05, 0.1) is 6.10 Å². The van der Waals surface area contributed by atoms with Crippen molar-refractivity contribution in [1.29, 1.82) is 0 Å². The highest BCUT2D eigenvalue weighted by atomic mass is 79.9. The van der Waals surface area contributed by atoms with Crippen molar-refractivity contribution >= 4 is 15.9 Å². The van der Waals surface area contributed by atoms with Gasteiger partial charge in [-0.05, 0) is 37.1 Å². The van der Waals surface area contributed by atoms with Crippen LogP contribution in [-0.2, 0) is 0 Å². The summed E-state index contributed by atoms with van der Waals surface area (Å²) >= 11 is 3.42. The van der Waals surface area contributed by atoms with E-state index in [0.29, 0.717) is 13.0 Å². The lowest BCUT2D eigenvalue weighted by Gasteiger charge is -2.13. The Morgan fingerprint density at radius 3 is 2.85 bits per heavy atom. The lowest BCUT2D eigenvalue weighted by Crippen LogP contribution is -2.07. The van der Waals surface area contributed by atoms with Gasteiger partial charge in [0.15, 0.2) is 0 Å². The van der Waals surface area contributed by atoms with Crippen LogP contribution in [0.3, 0.4) is 0 Å². The van der Waals surface area contributed by atoms with E-state index in [9.17, 15) is 5.11 Å². The number of hydrogen-bond donors (Lipinski definition) is 2. The van der Waals surface area contributed by atoms with Crippen LogP contribution < -0.4 is 5.73 Å². The monoisotopic (exact) mass is 243 g/mol. The predicted octanol–water partition coefficient (Wildman–Crippen LogP) is 2.14. The van der Waals surface area contributed by atoms with Crippen LogP contribution in [0.1, 0.15) is 23.7 Å². The summed E-state index contributed by atoms with van der Waals surface area (Å²) in [5.74, 6) is 0. The molecule has 1 rings (SSSR count). The SMILES string of the molecule is Cc1c(Br)cccc1C(O)CCN. The minimum absolute atomic E-state index is 0.442. The van der Waals surface area contributed by atoms with Gasteiger partial charge in [-0.2, -0.15) is 0 Å². The summed E-state index contributed by atoms with van der Waals surface area (Å²) in [6, 6.07) is 5.82. The number of halogens is 1. The number of aliphatic hydroxyl groups excluding tert-OH is 1. The van der Waals surface area contributed by atoms with E-state index in [1.54, 1.807) is 0 Å². The first kappa shape index (κ1) is 10.7. The van der Waals surface area contributed by atoms with Gasteiger partial charge >= 0.3 is 0 Å². The van der Waals surface area contributed by atoms with Crippen molar-refractivity contribution in [3.63, 3.8) is 0 Å². The molecule has 3 heteroatoms. The van der Waals surface area contributed by atoms with E-state index in [1.165, 1.54) is 0 Å². The molecule has 0 radical (unpaired) electrons. The molecule has 0 aliphatic rings. The Hall–Kier alpha value is -0.380. The summed E-state index contributed by atoms with van der Waals surface area (Å²) in [6.07, 6.45) is 0.166. The zero-order valence-electron chi connectivity index (χ0n) is 7.63. The average Bonchev–Trinajstić information content (AvgIpc) is 2.10. The Kier molecular flexibility index (Phi) is 3.90. The molecule has 0 aliphatic heterocycles. The van der Waals surface area contributed by atoms with E-state index in [1.807, 2.05) is 25.1 Å². The van der Waals surface area contributed by atoms with Crippen molar-refractivity contribution in [1.82, 2.24) is 0 Å². The average molecular weight is 244 g/mol. The molecule has 1 aromatic rings. The molecule has 0 amide bonds. The second kappa shape index (κ2) is 4.74. The Bertz CT molecular complexity index is 288. The number of rotatable bonds is 3. The number of benzene rings is 1. The van der Waals surface area contributed by atoms with E-state index >= 15 is 0 Å². The van der Waals surface area contributed by atoms with Gasteiger partial charge in [-0.3, -0.25) is 0 Å². The fourth-order valence-corrected chi connectivity index (χ4v) is 1.68. The van der Waals surface area contributed by atoms with Gasteiger partial charge in [-0.15, -0.1) is 0 Å². The molecule has 0 fully saturated rings. The smallest absolute Gasteiger partial charge is 0.0805 e. The molecule has 0 spiro atoms. The van der Waals surface area contributed by atoms with Crippen molar-refractivity contribution in [2.75, 3.05) is 6.54 Å². The molecule has 0 heterocycles. The minimum atomic E-state index is -0.442. The fraction of sp³-hybridized carbons (Fsp3) is 0.400. The third-order valence-electron chi connectivity index (χ3n) is 2.11. The number of aliphatic hydroxyl groups is 1.